The van der Waals surface area contributed by atoms with Crippen molar-refractivity contribution in [1.82, 2.24) is 15.2 Å². The number of rotatable bonds is 7. The molecule has 0 bridgehead atoms. The molecule has 1 aromatic carbocycles. The number of carbonyl (C=O) groups is 2. The van der Waals surface area contributed by atoms with Crippen LogP contribution in [0, 0.1) is 9.87 Å². The number of carbonyl (C=O) groups excluding carboxylic acids is 2. The third-order valence-electron chi connectivity index (χ3n) is 3.03. The van der Waals surface area contributed by atoms with Crippen LogP contribution in [-0.2, 0) is 15.3 Å². The molecule has 0 saturated carbocycles. The predicted octanol–water partition coefficient (Wildman–Crippen LogP) is 2.02. The van der Waals surface area contributed by atoms with Crippen molar-refractivity contribution >= 4 is 52.3 Å². The summed E-state index contributed by atoms with van der Waals surface area (Å²) in [5.41, 5.74) is 1.13. The van der Waals surface area contributed by atoms with E-state index in [1.807, 2.05) is 30.3 Å². The van der Waals surface area contributed by atoms with E-state index in [0.717, 1.165) is 21.9 Å². The van der Waals surface area contributed by atoms with Crippen LogP contribution in [0.25, 0.3) is 0 Å². The van der Waals surface area contributed by atoms with Crippen molar-refractivity contribution in [1.29, 1.82) is 0 Å². The summed E-state index contributed by atoms with van der Waals surface area (Å²) in [4.78, 5) is 24.6. The Balaban J connectivity index is 1.99. The lowest BCUT2D eigenvalue weighted by Gasteiger charge is -2.18. The lowest BCUT2D eigenvalue weighted by molar-refractivity contribution is -0.138. The van der Waals surface area contributed by atoms with Gasteiger partial charge in [-0.05, 0) is 17.8 Å². The van der Waals surface area contributed by atoms with Crippen molar-refractivity contribution in [2.24, 2.45) is 11.8 Å². The zero-order valence-electron chi connectivity index (χ0n) is 12.9. The molecule has 1 atom stereocenters. The number of nitrogens with zero attached hydrogens (tertiary/aromatic N) is 2. The SMILES string of the molecule is CN(N)C(=O)C(CSCc1ccccc1)C(=O)Nc1n[nH]c(=S)s1. The summed E-state index contributed by atoms with van der Waals surface area (Å²) in [6.07, 6.45) is 0. The second-order valence-corrected chi connectivity index (χ2v) is 7.61. The van der Waals surface area contributed by atoms with Crippen LogP contribution in [-0.4, -0.2) is 39.8 Å². The van der Waals surface area contributed by atoms with Gasteiger partial charge in [-0.2, -0.15) is 11.8 Å². The number of amides is 2. The Morgan fingerprint density at radius 1 is 1.46 bits per heavy atom. The highest BCUT2D eigenvalue weighted by Crippen LogP contribution is 2.19. The van der Waals surface area contributed by atoms with Gasteiger partial charge in [0.1, 0.15) is 5.92 Å². The first kappa shape index (κ1) is 18.6. The zero-order valence-corrected chi connectivity index (χ0v) is 15.3. The molecule has 0 aliphatic rings. The fraction of sp³-hybridized carbons (Fsp3) is 0.286. The van der Waals surface area contributed by atoms with Crippen LogP contribution >= 0.6 is 35.3 Å². The molecule has 0 saturated heterocycles. The molecule has 1 heterocycles. The largest absolute Gasteiger partial charge is 0.300 e. The monoisotopic (exact) mass is 383 g/mol. The number of hydrogen-bond acceptors (Lipinski definition) is 7. The Bertz CT molecular complexity index is 744. The molecule has 4 N–H and O–H groups in total. The van der Waals surface area contributed by atoms with Gasteiger partial charge >= 0.3 is 0 Å². The molecule has 2 amide bonds. The highest BCUT2D eigenvalue weighted by Gasteiger charge is 2.29. The molecule has 1 aromatic heterocycles. The molecule has 0 aliphatic carbocycles. The molecule has 0 radical (unpaired) electrons. The standard InChI is InChI=1S/C14H17N5O2S3/c1-19(15)12(21)10(8-23-7-9-5-3-2-4-6-9)11(20)16-13-17-18-14(22)24-13/h2-6,10H,7-8,15H2,1H3,(H,18,22)(H,16,17,20). The van der Waals surface area contributed by atoms with E-state index < -0.39 is 17.7 Å². The fourth-order valence-corrected chi connectivity index (χ4v) is 3.72. The molecule has 0 spiro atoms. The molecule has 128 valence electrons. The van der Waals surface area contributed by atoms with Gasteiger partial charge in [-0.15, -0.1) is 5.10 Å². The second-order valence-electron chi connectivity index (χ2n) is 4.91. The normalized spacial score (nSPS) is 11.8. The molecule has 7 nitrogen and oxygen atoms in total. The number of nitrogens with two attached hydrogens (primary N) is 1. The first-order valence-electron chi connectivity index (χ1n) is 6.97. The second kappa shape index (κ2) is 8.92. The maximum atomic E-state index is 12.4. The van der Waals surface area contributed by atoms with Gasteiger partial charge in [0.05, 0.1) is 0 Å². The highest BCUT2D eigenvalue weighted by atomic mass is 32.2. The molecule has 2 aromatic rings. The van der Waals surface area contributed by atoms with Gasteiger partial charge in [-0.1, -0.05) is 41.7 Å². The van der Waals surface area contributed by atoms with Crippen LogP contribution in [0.2, 0.25) is 0 Å². The number of aromatic nitrogens is 2. The van der Waals surface area contributed by atoms with Crippen molar-refractivity contribution in [3.8, 4) is 0 Å². The summed E-state index contributed by atoms with van der Waals surface area (Å²) in [5, 5.41) is 10.3. The fourth-order valence-electron chi connectivity index (χ4n) is 1.85. The number of thioether (sulfide) groups is 1. The van der Waals surface area contributed by atoms with Crippen molar-refractivity contribution in [2.75, 3.05) is 18.1 Å². The Hall–Kier alpha value is -1.75. The molecular weight excluding hydrogens is 366 g/mol. The summed E-state index contributed by atoms with van der Waals surface area (Å²) >= 11 is 7.54. The Kier molecular flexibility index (Phi) is 6.91. The molecule has 0 aliphatic heterocycles. The lowest BCUT2D eigenvalue weighted by atomic mass is 10.1. The van der Waals surface area contributed by atoms with E-state index in [0.29, 0.717) is 20.6 Å². The lowest BCUT2D eigenvalue weighted by Crippen LogP contribution is -2.44. The van der Waals surface area contributed by atoms with Gasteiger partial charge in [0.25, 0.3) is 0 Å². The van der Waals surface area contributed by atoms with E-state index in [2.05, 4.69) is 15.5 Å². The number of benzene rings is 1. The summed E-state index contributed by atoms with van der Waals surface area (Å²) in [6.45, 7) is 0. The third-order valence-corrected chi connectivity index (χ3v) is 5.14. The molecule has 0 fully saturated rings. The third kappa shape index (κ3) is 5.41. The highest BCUT2D eigenvalue weighted by molar-refractivity contribution is 7.98. The smallest absolute Gasteiger partial charge is 0.249 e. The summed E-state index contributed by atoms with van der Waals surface area (Å²) in [5.74, 6) is 4.73. The van der Waals surface area contributed by atoms with Gasteiger partial charge in [-0.25, -0.2) is 5.84 Å². The summed E-state index contributed by atoms with van der Waals surface area (Å²) < 4.78 is 0.447. The molecule has 10 heteroatoms. The van der Waals surface area contributed by atoms with Crippen molar-refractivity contribution < 1.29 is 9.59 Å². The van der Waals surface area contributed by atoms with E-state index in [9.17, 15) is 9.59 Å². The van der Waals surface area contributed by atoms with Crippen LogP contribution in [0.5, 0.6) is 0 Å². The van der Waals surface area contributed by atoms with Crippen LogP contribution in [0.3, 0.4) is 0 Å². The van der Waals surface area contributed by atoms with Crippen LogP contribution in [0.15, 0.2) is 30.3 Å². The van der Waals surface area contributed by atoms with Gasteiger partial charge in [-0.3, -0.25) is 25.0 Å². The molecule has 24 heavy (non-hydrogen) atoms. The maximum absolute atomic E-state index is 12.4. The average Bonchev–Trinajstić information content (AvgIpc) is 2.96. The van der Waals surface area contributed by atoms with E-state index in [1.165, 1.54) is 18.8 Å². The summed E-state index contributed by atoms with van der Waals surface area (Å²) in [7, 11) is 1.42. The number of nitrogens with one attached hydrogen (secondary N) is 2. The number of aromatic amines is 1. The first-order valence-corrected chi connectivity index (χ1v) is 9.35. The first-order chi connectivity index (χ1) is 11.5. The van der Waals surface area contributed by atoms with E-state index in [-0.39, 0.29) is 0 Å². The minimum absolute atomic E-state index is 0.316. The van der Waals surface area contributed by atoms with Crippen LogP contribution in [0.4, 0.5) is 5.13 Å². The van der Waals surface area contributed by atoms with Gasteiger partial charge in [0, 0.05) is 18.6 Å². The quantitative estimate of drug-likeness (QED) is 0.222. The topological polar surface area (TPSA) is 104 Å². The van der Waals surface area contributed by atoms with Crippen LogP contribution < -0.4 is 11.2 Å². The van der Waals surface area contributed by atoms with E-state index in [1.54, 1.807) is 0 Å². The number of hydrogen-bond donors (Lipinski definition) is 3. The van der Waals surface area contributed by atoms with E-state index >= 15 is 0 Å². The van der Waals surface area contributed by atoms with Crippen molar-refractivity contribution in [3.05, 3.63) is 39.8 Å². The Labute approximate surface area is 152 Å². The van der Waals surface area contributed by atoms with Gasteiger partial charge in [0.2, 0.25) is 16.9 Å². The van der Waals surface area contributed by atoms with Crippen molar-refractivity contribution in [2.45, 2.75) is 5.75 Å². The number of H-pyrrole nitrogens is 1. The number of hydrazine groups is 1. The van der Waals surface area contributed by atoms with Crippen molar-refractivity contribution in [3.63, 3.8) is 0 Å². The Morgan fingerprint density at radius 2 is 2.17 bits per heavy atom. The Morgan fingerprint density at radius 3 is 2.75 bits per heavy atom. The zero-order chi connectivity index (χ0) is 17.5. The predicted molar refractivity (Wildman–Crippen MR) is 99.0 cm³/mol. The minimum atomic E-state index is -0.897. The molecule has 1 unspecified atom stereocenters. The summed E-state index contributed by atoms with van der Waals surface area (Å²) in [6, 6.07) is 9.83. The minimum Gasteiger partial charge on any atom is -0.300 e. The molecule has 2 rings (SSSR count). The van der Waals surface area contributed by atoms with Gasteiger partial charge < -0.3 is 0 Å². The number of anilines is 1. The van der Waals surface area contributed by atoms with E-state index in [4.69, 9.17) is 18.1 Å². The molecular formula is C14H17N5O2S3. The average molecular weight is 384 g/mol. The van der Waals surface area contributed by atoms with Gasteiger partial charge in [0.15, 0.2) is 3.95 Å². The van der Waals surface area contributed by atoms with Crippen LogP contribution in [0.1, 0.15) is 5.56 Å². The maximum Gasteiger partial charge on any atom is 0.249 e.